The average Bonchev–Trinajstić information content (AvgIpc) is 2.75. The van der Waals surface area contributed by atoms with Gasteiger partial charge >= 0.3 is 0 Å². The fourth-order valence-electron chi connectivity index (χ4n) is 2.62. The summed E-state index contributed by atoms with van der Waals surface area (Å²) >= 11 is 0. The first kappa shape index (κ1) is 17.4. The van der Waals surface area contributed by atoms with Crippen LogP contribution in [-0.4, -0.2) is 15.0 Å². The predicted octanol–water partition coefficient (Wildman–Crippen LogP) is 5.53. The number of benzene rings is 2. The molecule has 0 bridgehead atoms. The van der Waals surface area contributed by atoms with Crippen molar-refractivity contribution in [1.82, 2.24) is 15.0 Å². The van der Waals surface area contributed by atoms with Crippen LogP contribution < -0.4 is 10.6 Å². The monoisotopic (exact) mass is 365 g/mol. The molecule has 0 aliphatic carbocycles. The van der Waals surface area contributed by atoms with Crippen LogP contribution in [0.5, 0.6) is 0 Å². The maximum atomic E-state index is 4.51. The molecule has 0 atom stereocenters. The number of anilines is 4. The summed E-state index contributed by atoms with van der Waals surface area (Å²) < 4.78 is 0. The van der Waals surface area contributed by atoms with Crippen LogP contribution in [0.1, 0.15) is 11.3 Å². The van der Waals surface area contributed by atoms with Crippen LogP contribution in [0.2, 0.25) is 0 Å². The summed E-state index contributed by atoms with van der Waals surface area (Å²) in [6.45, 7) is 0. The fourth-order valence-corrected chi connectivity index (χ4v) is 2.62. The molecule has 0 aliphatic heterocycles. The summed E-state index contributed by atoms with van der Waals surface area (Å²) in [5, 5.41) is 6.50. The smallest absolute Gasteiger partial charge is 0.229 e. The highest BCUT2D eigenvalue weighted by Crippen LogP contribution is 2.18. The summed E-state index contributed by atoms with van der Waals surface area (Å²) in [4.78, 5) is 13.1. The van der Waals surface area contributed by atoms with Gasteiger partial charge in [-0.05, 0) is 54.1 Å². The second-order valence-corrected chi connectivity index (χ2v) is 6.09. The summed E-state index contributed by atoms with van der Waals surface area (Å²) in [6, 6.07) is 25.7. The lowest BCUT2D eigenvalue weighted by Crippen LogP contribution is -2.00. The third-order valence-electron chi connectivity index (χ3n) is 4.00. The van der Waals surface area contributed by atoms with Gasteiger partial charge in [0, 0.05) is 23.8 Å². The summed E-state index contributed by atoms with van der Waals surface area (Å²) in [6.07, 6.45) is 7.55. The Hall–Kier alpha value is -3.99. The first-order valence-electron chi connectivity index (χ1n) is 8.96. The molecule has 5 nitrogen and oxygen atoms in total. The van der Waals surface area contributed by atoms with Crippen molar-refractivity contribution >= 4 is 35.3 Å². The summed E-state index contributed by atoms with van der Waals surface area (Å²) in [5.74, 6) is 1.27. The molecule has 0 spiro atoms. The van der Waals surface area contributed by atoms with Gasteiger partial charge in [0.25, 0.3) is 0 Å². The lowest BCUT2D eigenvalue weighted by atomic mass is 10.2. The molecule has 4 aromatic rings. The number of rotatable bonds is 6. The Labute approximate surface area is 163 Å². The van der Waals surface area contributed by atoms with E-state index < -0.39 is 0 Å². The van der Waals surface area contributed by atoms with Crippen LogP contribution in [-0.2, 0) is 0 Å². The largest absolute Gasteiger partial charge is 0.340 e. The van der Waals surface area contributed by atoms with Gasteiger partial charge in [-0.2, -0.15) is 4.98 Å². The molecule has 5 heteroatoms. The van der Waals surface area contributed by atoms with Crippen LogP contribution in [0.3, 0.4) is 0 Å². The molecule has 0 fully saturated rings. The molecule has 2 N–H and O–H groups in total. The lowest BCUT2D eigenvalue weighted by molar-refractivity contribution is 1.17. The lowest BCUT2D eigenvalue weighted by Gasteiger charge is -2.08. The van der Waals surface area contributed by atoms with E-state index in [1.54, 1.807) is 12.4 Å². The third kappa shape index (κ3) is 4.80. The van der Waals surface area contributed by atoms with Gasteiger partial charge in [-0.25, -0.2) is 4.98 Å². The molecule has 2 heterocycles. The SMILES string of the molecule is C(=Cc1ccccn1)c1ccc(Nc2ccnc(Nc3ccccc3)n2)cc1. The zero-order valence-corrected chi connectivity index (χ0v) is 15.2. The zero-order chi connectivity index (χ0) is 19.0. The fraction of sp³-hybridized carbons (Fsp3) is 0. The second-order valence-electron chi connectivity index (χ2n) is 6.09. The topological polar surface area (TPSA) is 62.7 Å². The second kappa shape index (κ2) is 8.60. The van der Waals surface area contributed by atoms with E-state index >= 15 is 0 Å². The Balaban J connectivity index is 1.42. The highest BCUT2D eigenvalue weighted by atomic mass is 15.1. The quantitative estimate of drug-likeness (QED) is 0.470. The summed E-state index contributed by atoms with van der Waals surface area (Å²) in [7, 11) is 0. The normalized spacial score (nSPS) is 10.7. The number of pyridine rings is 1. The van der Waals surface area contributed by atoms with Crippen LogP contribution in [0.25, 0.3) is 12.2 Å². The van der Waals surface area contributed by atoms with E-state index in [0.717, 1.165) is 28.5 Å². The van der Waals surface area contributed by atoms with Crippen molar-refractivity contribution in [3.63, 3.8) is 0 Å². The number of para-hydroxylation sites is 1. The Morgan fingerprint density at radius 3 is 2.18 bits per heavy atom. The van der Waals surface area contributed by atoms with E-state index in [2.05, 4.69) is 25.6 Å². The average molecular weight is 365 g/mol. The van der Waals surface area contributed by atoms with Crippen LogP contribution in [0, 0.1) is 0 Å². The molecule has 0 radical (unpaired) electrons. The standard InChI is InChI=1S/C23H19N5/c1-2-7-20(8-3-1)27-23-25-17-15-22(28-23)26-21-13-10-18(11-14-21)9-12-19-6-4-5-16-24-19/h1-17H,(H2,25,26,27,28). The molecule has 4 rings (SSSR count). The van der Waals surface area contributed by atoms with Crippen LogP contribution in [0.15, 0.2) is 91.3 Å². The minimum atomic E-state index is 0.547. The molecular weight excluding hydrogens is 346 g/mol. The van der Waals surface area contributed by atoms with Crippen molar-refractivity contribution < 1.29 is 0 Å². The molecule has 136 valence electrons. The highest BCUT2D eigenvalue weighted by molar-refractivity contribution is 5.69. The van der Waals surface area contributed by atoms with Gasteiger partial charge in [-0.15, -0.1) is 0 Å². The van der Waals surface area contributed by atoms with Crippen molar-refractivity contribution in [1.29, 1.82) is 0 Å². The molecule has 28 heavy (non-hydrogen) atoms. The maximum absolute atomic E-state index is 4.51. The molecule has 0 saturated carbocycles. The van der Waals surface area contributed by atoms with E-state index in [1.165, 1.54) is 0 Å². The molecule has 0 unspecified atom stereocenters. The van der Waals surface area contributed by atoms with E-state index in [1.807, 2.05) is 91.0 Å². The van der Waals surface area contributed by atoms with Gasteiger partial charge in [0.15, 0.2) is 0 Å². The van der Waals surface area contributed by atoms with Crippen LogP contribution >= 0.6 is 0 Å². The Morgan fingerprint density at radius 2 is 1.39 bits per heavy atom. The highest BCUT2D eigenvalue weighted by Gasteiger charge is 2.01. The minimum absolute atomic E-state index is 0.547. The van der Waals surface area contributed by atoms with Gasteiger partial charge in [0.05, 0.1) is 5.69 Å². The number of aromatic nitrogens is 3. The first-order valence-corrected chi connectivity index (χ1v) is 8.96. The Kier molecular flexibility index (Phi) is 5.35. The molecule has 0 amide bonds. The predicted molar refractivity (Wildman–Crippen MR) is 115 cm³/mol. The number of nitrogens with zero attached hydrogens (tertiary/aromatic N) is 3. The van der Waals surface area contributed by atoms with Crippen molar-refractivity contribution in [3.8, 4) is 0 Å². The van der Waals surface area contributed by atoms with E-state index in [0.29, 0.717) is 5.95 Å². The van der Waals surface area contributed by atoms with Crippen molar-refractivity contribution in [2.45, 2.75) is 0 Å². The molecular formula is C23H19N5. The number of hydrogen-bond donors (Lipinski definition) is 2. The van der Waals surface area contributed by atoms with Gasteiger partial charge in [-0.3, -0.25) is 4.98 Å². The van der Waals surface area contributed by atoms with Crippen molar-refractivity contribution in [2.75, 3.05) is 10.6 Å². The zero-order valence-electron chi connectivity index (χ0n) is 15.2. The van der Waals surface area contributed by atoms with E-state index in [-0.39, 0.29) is 0 Å². The number of hydrogen-bond acceptors (Lipinski definition) is 5. The van der Waals surface area contributed by atoms with Crippen molar-refractivity contribution in [3.05, 3.63) is 103 Å². The molecule has 2 aromatic heterocycles. The van der Waals surface area contributed by atoms with E-state index in [4.69, 9.17) is 0 Å². The minimum Gasteiger partial charge on any atom is -0.340 e. The van der Waals surface area contributed by atoms with Crippen molar-refractivity contribution in [2.24, 2.45) is 0 Å². The van der Waals surface area contributed by atoms with Gasteiger partial charge in [-0.1, -0.05) is 42.5 Å². The maximum Gasteiger partial charge on any atom is 0.229 e. The molecule has 0 saturated heterocycles. The summed E-state index contributed by atoms with van der Waals surface area (Å²) in [5.41, 5.74) is 3.94. The number of nitrogens with one attached hydrogen (secondary N) is 2. The Morgan fingerprint density at radius 1 is 0.607 bits per heavy atom. The first-order chi connectivity index (χ1) is 13.8. The van der Waals surface area contributed by atoms with Gasteiger partial charge in [0.1, 0.15) is 5.82 Å². The molecule has 2 aromatic carbocycles. The van der Waals surface area contributed by atoms with Gasteiger partial charge < -0.3 is 10.6 Å². The van der Waals surface area contributed by atoms with Gasteiger partial charge in [0.2, 0.25) is 5.95 Å². The van der Waals surface area contributed by atoms with E-state index in [9.17, 15) is 0 Å². The third-order valence-corrected chi connectivity index (χ3v) is 4.00. The Bertz CT molecular complexity index is 1050. The molecule has 0 aliphatic rings. The van der Waals surface area contributed by atoms with Crippen LogP contribution in [0.4, 0.5) is 23.1 Å².